The molecule has 0 aliphatic heterocycles. The molecule has 0 amide bonds. The fraction of sp³-hybridized carbons (Fsp3) is 0. The summed E-state index contributed by atoms with van der Waals surface area (Å²) in [6, 6.07) is 66.7. The minimum atomic E-state index is 0.557. The standard InChI is InChI=1S/C55H32N6OS/c1-4-16-33(17-5-1)52-56-49(51-50(57-52)38-23-11-13-29-46(38)63-51)35-30-31-44-41(32-35)48-40(25-15-28-45(48)62-44)55-59-53(34-18-6-2-7-19-34)58-54(60-55)39-24-14-27-43-47(39)37-22-10-12-26-42(37)61(43)36-20-8-3-9-21-36/h1-32H. The van der Waals surface area contributed by atoms with Gasteiger partial charge in [-0.15, -0.1) is 11.3 Å². The maximum Gasteiger partial charge on any atom is 0.164 e. The number of aromatic nitrogens is 6. The minimum absolute atomic E-state index is 0.557. The Labute approximate surface area is 364 Å². The van der Waals surface area contributed by atoms with E-state index in [9.17, 15) is 0 Å². The minimum Gasteiger partial charge on any atom is -0.456 e. The largest absolute Gasteiger partial charge is 0.456 e. The molecule has 294 valence electrons. The molecule has 7 nitrogen and oxygen atoms in total. The molecule has 0 fully saturated rings. The third-order valence-electron chi connectivity index (χ3n) is 11.9. The molecular weight excluding hydrogens is 793 g/mol. The third-order valence-corrected chi connectivity index (χ3v) is 13.0. The molecule has 0 saturated carbocycles. The van der Waals surface area contributed by atoms with Crippen molar-refractivity contribution in [2.75, 3.05) is 0 Å². The van der Waals surface area contributed by atoms with E-state index < -0.39 is 0 Å². The number of thiophene rings is 1. The first-order valence-electron chi connectivity index (χ1n) is 20.8. The molecule has 63 heavy (non-hydrogen) atoms. The lowest BCUT2D eigenvalue weighted by molar-refractivity contribution is 0.669. The number of rotatable bonds is 6. The van der Waals surface area contributed by atoms with Gasteiger partial charge < -0.3 is 8.98 Å². The van der Waals surface area contributed by atoms with Crippen molar-refractivity contribution in [2.24, 2.45) is 0 Å². The van der Waals surface area contributed by atoms with Crippen molar-refractivity contribution in [3.05, 3.63) is 194 Å². The summed E-state index contributed by atoms with van der Waals surface area (Å²) >= 11 is 1.72. The van der Waals surface area contributed by atoms with Gasteiger partial charge in [-0.25, -0.2) is 24.9 Å². The van der Waals surface area contributed by atoms with Gasteiger partial charge in [-0.1, -0.05) is 140 Å². The predicted octanol–water partition coefficient (Wildman–Crippen LogP) is 14.4. The van der Waals surface area contributed by atoms with E-state index in [2.05, 4.69) is 132 Å². The normalized spacial score (nSPS) is 11.8. The first-order valence-corrected chi connectivity index (χ1v) is 21.7. The molecule has 0 unspecified atom stereocenters. The van der Waals surface area contributed by atoms with Crippen LogP contribution in [0.25, 0.3) is 127 Å². The number of fused-ring (bicyclic) bond motifs is 9. The summed E-state index contributed by atoms with van der Waals surface area (Å²) in [4.78, 5) is 26.3. The van der Waals surface area contributed by atoms with Gasteiger partial charge in [0.15, 0.2) is 23.3 Å². The topological polar surface area (TPSA) is 82.5 Å². The van der Waals surface area contributed by atoms with Crippen molar-refractivity contribution in [1.82, 2.24) is 29.5 Å². The maximum atomic E-state index is 6.61. The van der Waals surface area contributed by atoms with Crippen LogP contribution in [0.1, 0.15) is 0 Å². The highest BCUT2D eigenvalue weighted by atomic mass is 32.1. The Morgan fingerprint density at radius 3 is 1.76 bits per heavy atom. The van der Waals surface area contributed by atoms with Crippen LogP contribution >= 0.6 is 11.3 Å². The van der Waals surface area contributed by atoms with E-state index in [0.29, 0.717) is 23.3 Å². The number of furan rings is 1. The summed E-state index contributed by atoms with van der Waals surface area (Å²) < 4.78 is 11.1. The van der Waals surface area contributed by atoms with Crippen LogP contribution in [0.15, 0.2) is 199 Å². The van der Waals surface area contributed by atoms with Crippen LogP contribution in [0.5, 0.6) is 0 Å². The number of hydrogen-bond donors (Lipinski definition) is 0. The number of para-hydroxylation sites is 2. The third kappa shape index (κ3) is 5.69. The molecule has 5 aromatic heterocycles. The molecule has 0 atom stereocenters. The van der Waals surface area contributed by atoms with Crippen LogP contribution in [-0.2, 0) is 0 Å². The van der Waals surface area contributed by atoms with Gasteiger partial charge in [0, 0.05) is 65.1 Å². The molecule has 0 radical (unpaired) electrons. The van der Waals surface area contributed by atoms with Crippen LogP contribution in [-0.4, -0.2) is 29.5 Å². The second-order valence-corrected chi connectivity index (χ2v) is 16.6. The molecular formula is C55H32N6OS. The van der Waals surface area contributed by atoms with Crippen LogP contribution in [0, 0.1) is 0 Å². The lowest BCUT2D eigenvalue weighted by Gasteiger charge is -2.11. The van der Waals surface area contributed by atoms with Crippen LogP contribution in [0.3, 0.4) is 0 Å². The van der Waals surface area contributed by atoms with E-state index in [-0.39, 0.29) is 0 Å². The molecule has 8 heteroatoms. The molecule has 0 saturated heterocycles. The Bertz CT molecular complexity index is 3910. The zero-order valence-corrected chi connectivity index (χ0v) is 34.3. The first kappa shape index (κ1) is 35.4. The number of benzene rings is 8. The van der Waals surface area contributed by atoms with Crippen LogP contribution in [0.4, 0.5) is 0 Å². The smallest absolute Gasteiger partial charge is 0.164 e. The molecule has 13 aromatic rings. The van der Waals surface area contributed by atoms with Gasteiger partial charge in [0.25, 0.3) is 0 Å². The predicted molar refractivity (Wildman–Crippen MR) is 257 cm³/mol. The molecule has 13 rings (SSSR count). The van der Waals surface area contributed by atoms with Gasteiger partial charge in [-0.3, -0.25) is 0 Å². The van der Waals surface area contributed by atoms with Crippen molar-refractivity contribution in [1.29, 1.82) is 0 Å². The maximum absolute atomic E-state index is 6.61. The van der Waals surface area contributed by atoms with Crippen molar-refractivity contribution >= 4 is 75.4 Å². The van der Waals surface area contributed by atoms with E-state index in [1.165, 1.54) is 4.70 Å². The zero-order valence-electron chi connectivity index (χ0n) is 33.5. The van der Waals surface area contributed by atoms with E-state index in [4.69, 9.17) is 29.3 Å². The SMILES string of the molecule is c1ccc(-c2nc(-c3cccc4oc5ccc(-c6nc(-c7ccccc7)nc7c6sc6ccccc67)cc5c34)nc(-c3cccc4c3c3ccccc3n4-c3ccccc3)n2)cc1. The van der Waals surface area contributed by atoms with Crippen molar-refractivity contribution in [2.45, 2.75) is 0 Å². The fourth-order valence-corrected chi connectivity index (χ4v) is 10.2. The monoisotopic (exact) mass is 824 g/mol. The van der Waals surface area contributed by atoms with Crippen molar-refractivity contribution in [3.63, 3.8) is 0 Å². The van der Waals surface area contributed by atoms with Gasteiger partial charge in [-0.05, 0) is 54.6 Å². The summed E-state index contributed by atoms with van der Waals surface area (Å²) in [5.41, 5.74) is 11.2. The highest BCUT2D eigenvalue weighted by Gasteiger charge is 2.23. The van der Waals surface area contributed by atoms with Gasteiger partial charge in [0.1, 0.15) is 11.2 Å². The number of hydrogen-bond acceptors (Lipinski definition) is 7. The van der Waals surface area contributed by atoms with Gasteiger partial charge in [0.05, 0.1) is 26.9 Å². The average Bonchev–Trinajstić information content (AvgIpc) is 4.04. The van der Waals surface area contributed by atoms with Crippen LogP contribution in [0.2, 0.25) is 0 Å². The van der Waals surface area contributed by atoms with Gasteiger partial charge in [-0.2, -0.15) is 0 Å². The highest BCUT2D eigenvalue weighted by Crippen LogP contribution is 2.43. The highest BCUT2D eigenvalue weighted by molar-refractivity contribution is 7.26. The van der Waals surface area contributed by atoms with E-state index in [1.54, 1.807) is 11.3 Å². The Morgan fingerprint density at radius 1 is 0.397 bits per heavy atom. The summed E-state index contributed by atoms with van der Waals surface area (Å²) in [6.07, 6.45) is 0. The average molecular weight is 825 g/mol. The molecule has 0 N–H and O–H groups in total. The summed E-state index contributed by atoms with van der Waals surface area (Å²) in [7, 11) is 0. The van der Waals surface area contributed by atoms with Gasteiger partial charge in [0.2, 0.25) is 0 Å². The Balaban J connectivity index is 1.05. The Kier molecular flexibility index (Phi) is 7.94. The second-order valence-electron chi connectivity index (χ2n) is 15.6. The second kappa shape index (κ2) is 14.1. The fourth-order valence-electron chi connectivity index (χ4n) is 9.06. The molecule has 5 heterocycles. The first-order chi connectivity index (χ1) is 31.2. The summed E-state index contributed by atoms with van der Waals surface area (Å²) in [5, 5.41) is 5.20. The summed E-state index contributed by atoms with van der Waals surface area (Å²) in [5.74, 6) is 2.42. The number of nitrogens with zero attached hydrogens (tertiary/aromatic N) is 6. The van der Waals surface area contributed by atoms with Crippen molar-refractivity contribution < 1.29 is 4.42 Å². The molecule has 0 aliphatic carbocycles. The van der Waals surface area contributed by atoms with E-state index >= 15 is 0 Å². The van der Waals surface area contributed by atoms with Crippen LogP contribution < -0.4 is 0 Å². The lowest BCUT2D eigenvalue weighted by Crippen LogP contribution is -2.01. The quantitative estimate of drug-likeness (QED) is 0.166. The molecule has 0 spiro atoms. The molecule has 8 aromatic carbocycles. The molecule has 0 aliphatic rings. The van der Waals surface area contributed by atoms with Crippen molar-refractivity contribution in [3.8, 4) is 62.5 Å². The lowest BCUT2D eigenvalue weighted by atomic mass is 10.0. The van der Waals surface area contributed by atoms with E-state index in [1.807, 2.05) is 66.7 Å². The van der Waals surface area contributed by atoms with E-state index in [0.717, 1.165) is 98.5 Å². The Morgan fingerprint density at radius 2 is 1.00 bits per heavy atom. The summed E-state index contributed by atoms with van der Waals surface area (Å²) in [6.45, 7) is 0. The van der Waals surface area contributed by atoms with Gasteiger partial charge >= 0.3 is 0 Å². The Hall–Kier alpha value is -8.33. The molecule has 0 bridgehead atoms. The zero-order chi connectivity index (χ0) is 41.4.